The summed E-state index contributed by atoms with van der Waals surface area (Å²) in [5.41, 5.74) is 8.40. The Balaban J connectivity index is 0.000000275. The Labute approximate surface area is 146 Å². The number of aromatic nitrogens is 1. The Kier molecular flexibility index (Phi) is 8.73. The van der Waals surface area contributed by atoms with Gasteiger partial charge in [-0.15, -0.1) is 0 Å². The highest BCUT2D eigenvalue weighted by atomic mass is 16.6. The van der Waals surface area contributed by atoms with Crippen LogP contribution in [0.2, 0.25) is 0 Å². The second-order valence-corrected chi connectivity index (χ2v) is 5.17. The summed E-state index contributed by atoms with van der Waals surface area (Å²) in [6, 6.07) is 10.0. The third kappa shape index (κ3) is 5.92. The minimum Gasteiger partial charge on any atom is -0.463 e. The van der Waals surface area contributed by atoms with E-state index < -0.39 is 0 Å². The summed E-state index contributed by atoms with van der Waals surface area (Å²) in [7, 11) is 1.55. The Bertz CT molecular complexity index is 784. The lowest BCUT2D eigenvalue weighted by molar-refractivity contribution is -0.144. The van der Waals surface area contributed by atoms with Crippen LogP contribution in [0, 0.1) is 29.6 Å². The van der Waals surface area contributed by atoms with E-state index in [1.165, 1.54) is 0 Å². The first-order valence-corrected chi connectivity index (χ1v) is 7.80. The van der Waals surface area contributed by atoms with Crippen molar-refractivity contribution in [3.05, 3.63) is 35.0 Å². The largest absolute Gasteiger partial charge is 0.463 e. The molecule has 1 aromatic heterocycles. The van der Waals surface area contributed by atoms with Crippen molar-refractivity contribution in [3.8, 4) is 12.1 Å². The van der Waals surface area contributed by atoms with Crippen LogP contribution in [0.3, 0.4) is 0 Å². The number of methoxy groups -OCH3 is 1. The first-order chi connectivity index (χ1) is 12.1. The highest BCUT2D eigenvalue weighted by Crippen LogP contribution is 2.25. The smallest absolute Gasteiger partial charge is 0.307 e. The van der Waals surface area contributed by atoms with Gasteiger partial charge in [-0.3, -0.25) is 4.79 Å². The number of nitriles is 2. The van der Waals surface area contributed by atoms with Crippen LogP contribution in [-0.2, 0) is 20.7 Å². The average Bonchev–Trinajstić information content (AvgIpc) is 2.95. The highest BCUT2D eigenvalue weighted by Gasteiger charge is 2.11. The molecule has 2 aromatic rings. The van der Waals surface area contributed by atoms with Crippen LogP contribution < -0.4 is 5.73 Å². The molecular formula is C18H22N4O3. The number of hydrogen-bond acceptors (Lipinski definition) is 6. The van der Waals surface area contributed by atoms with Crippen LogP contribution in [0.15, 0.2) is 18.2 Å². The van der Waals surface area contributed by atoms with Crippen molar-refractivity contribution in [2.24, 2.45) is 5.73 Å². The van der Waals surface area contributed by atoms with E-state index in [0.717, 1.165) is 16.5 Å². The van der Waals surface area contributed by atoms with E-state index in [2.05, 4.69) is 26.6 Å². The molecule has 1 heterocycles. The molecule has 0 aliphatic carbocycles. The number of benzene rings is 1. The zero-order valence-electron chi connectivity index (χ0n) is 14.5. The molecule has 0 radical (unpaired) electrons. The fourth-order valence-electron chi connectivity index (χ4n) is 2.24. The molecule has 3 N–H and O–H groups in total. The van der Waals surface area contributed by atoms with E-state index in [4.69, 9.17) is 16.3 Å². The van der Waals surface area contributed by atoms with Crippen LogP contribution in [-0.4, -0.2) is 37.8 Å². The van der Waals surface area contributed by atoms with Crippen molar-refractivity contribution in [2.75, 3.05) is 26.9 Å². The van der Waals surface area contributed by atoms with Gasteiger partial charge in [0, 0.05) is 30.3 Å². The van der Waals surface area contributed by atoms with Crippen LogP contribution in [0.1, 0.15) is 23.2 Å². The van der Waals surface area contributed by atoms with Crippen molar-refractivity contribution >= 4 is 16.9 Å². The number of carbonyl (C=O) groups excluding carboxylic acids is 1. The molecule has 0 unspecified atom stereocenters. The number of nitrogens with one attached hydrogen (secondary N) is 1. The summed E-state index contributed by atoms with van der Waals surface area (Å²) < 4.78 is 9.34. The monoisotopic (exact) mass is 342 g/mol. The molecule has 0 saturated carbocycles. The molecule has 0 aliphatic rings. The first kappa shape index (κ1) is 20.2. The average molecular weight is 342 g/mol. The number of nitrogens with zero attached hydrogens (tertiary/aromatic N) is 2. The maximum atomic E-state index is 10.6. The van der Waals surface area contributed by atoms with Crippen molar-refractivity contribution < 1.29 is 14.3 Å². The van der Waals surface area contributed by atoms with Gasteiger partial charge in [-0.05, 0) is 18.6 Å². The molecule has 7 nitrogen and oxygen atoms in total. The second kappa shape index (κ2) is 10.8. The van der Waals surface area contributed by atoms with Crippen LogP contribution in [0.4, 0.5) is 0 Å². The number of esters is 1. The number of fused-ring (bicyclic) bond motifs is 1. The molecule has 25 heavy (non-hydrogen) atoms. The molecule has 0 aliphatic heterocycles. The molecule has 0 fully saturated rings. The van der Waals surface area contributed by atoms with Crippen LogP contribution in [0.25, 0.3) is 10.9 Å². The van der Waals surface area contributed by atoms with Crippen LogP contribution in [0.5, 0.6) is 0 Å². The summed E-state index contributed by atoms with van der Waals surface area (Å²) in [4.78, 5) is 13.7. The molecule has 7 heteroatoms. The SMILES string of the molecule is COCCOC(=O)CCN.Cc1cccc2[nH]c(CC#N)c(C#N)c12. The number of aromatic amines is 1. The predicted molar refractivity (Wildman–Crippen MR) is 93.6 cm³/mol. The normalized spacial score (nSPS) is 9.64. The maximum Gasteiger partial charge on any atom is 0.307 e. The van der Waals surface area contributed by atoms with Gasteiger partial charge >= 0.3 is 5.97 Å². The van der Waals surface area contributed by atoms with Crippen molar-refractivity contribution in [1.29, 1.82) is 10.5 Å². The lowest BCUT2D eigenvalue weighted by Crippen LogP contribution is -2.13. The van der Waals surface area contributed by atoms with Crippen molar-refractivity contribution in [1.82, 2.24) is 4.98 Å². The van der Waals surface area contributed by atoms with Gasteiger partial charge in [0.15, 0.2) is 0 Å². The van der Waals surface area contributed by atoms with Gasteiger partial charge in [-0.25, -0.2) is 0 Å². The molecule has 132 valence electrons. The number of carbonyl (C=O) groups is 1. The number of hydrogen-bond donors (Lipinski definition) is 2. The molecular weight excluding hydrogens is 320 g/mol. The minimum atomic E-state index is -0.264. The van der Waals surface area contributed by atoms with E-state index in [-0.39, 0.29) is 18.8 Å². The third-order valence-electron chi connectivity index (χ3n) is 3.38. The molecule has 0 saturated heterocycles. The van der Waals surface area contributed by atoms with Crippen molar-refractivity contribution in [2.45, 2.75) is 19.8 Å². The molecule has 2 rings (SSSR count). The number of ether oxygens (including phenoxy) is 2. The lowest BCUT2D eigenvalue weighted by Gasteiger charge is -2.01. The van der Waals surface area contributed by atoms with Gasteiger partial charge in [-0.1, -0.05) is 12.1 Å². The van der Waals surface area contributed by atoms with Gasteiger partial charge in [0.05, 0.1) is 31.1 Å². The molecule has 1 aromatic carbocycles. The van der Waals surface area contributed by atoms with E-state index in [9.17, 15) is 4.79 Å². The summed E-state index contributed by atoms with van der Waals surface area (Å²) >= 11 is 0. The topological polar surface area (TPSA) is 125 Å². The Morgan fingerprint density at radius 1 is 1.32 bits per heavy atom. The molecule has 0 spiro atoms. The standard InChI is InChI=1S/C12H9N3.C6H13NO3/c1-8-3-2-4-11-12(8)9(7-14)10(15-11)5-6-13;1-9-4-5-10-6(8)2-3-7/h2-4,15H,5H2,1H3;2-5,7H2,1H3. The third-order valence-corrected chi connectivity index (χ3v) is 3.38. The zero-order valence-corrected chi connectivity index (χ0v) is 14.5. The van der Waals surface area contributed by atoms with Gasteiger partial charge < -0.3 is 20.2 Å². The molecule has 0 atom stereocenters. The quantitative estimate of drug-likeness (QED) is 0.610. The second-order valence-electron chi connectivity index (χ2n) is 5.17. The minimum absolute atomic E-state index is 0.247. The highest BCUT2D eigenvalue weighted by molar-refractivity contribution is 5.90. The fourth-order valence-corrected chi connectivity index (χ4v) is 2.24. The van der Waals surface area contributed by atoms with Gasteiger partial charge in [0.1, 0.15) is 12.7 Å². The van der Waals surface area contributed by atoms with E-state index >= 15 is 0 Å². The molecule has 0 bridgehead atoms. The number of rotatable bonds is 6. The number of aryl methyl sites for hydroxylation is 1. The Morgan fingerprint density at radius 2 is 2.08 bits per heavy atom. The van der Waals surface area contributed by atoms with E-state index in [0.29, 0.717) is 31.0 Å². The number of H-pyrrole nitrogens is 1. The zero-order chi connectivity index (χ0) is 18.7. The predicted octanol–water partition coefficient (Wildman–Crippen LogP) is 1.94. The van der Waals surface area contributed by atoms with E-state index in [1.54, 1.807) is 7.11 Å². The van der Waals surface area contributed by atoms with E-state index in [1.807, 2.05) is 25.1 Å². The first-order valence-electron chi connectivity index (χ1n) is 7.80. The van der Waals surface area contributed by atoms with Gasteiger partial charge in [-0.2, -0.15) is 10.5 Å². The Hall–Kier alpha value is -2.87. The lowest BCUT2D eigenvalue weighted by atomic mass is 10.1. The maximum absolute atomic E-state index is 10.6. The van der Waals surface area contributed by atoms with Crippen molar-refractivity contribution in [3.63, 3.8) is 0 Å². The fraction of sp³-hybridized carbons (Fsp3) is 0.389. The summed E-state index contributed by atoms with van der Waals surface area (Å²) in [5.74, 6) is -0.264. The van der Waals surface area contributed by atoms with Gasteiger partial charge in [0.2, 0.25) is 0 Å². The van der Waals surface area contributed by atoms with Gasteiger partial charge in [0.25, 0.3) is 0 Å². The molecule has 0 amide bonds. The summed E-state index contributed by atoms with van der Waals surface area (Å²) in [5, 5.41) is 18.7. The summed E-state index contributed by atoms with van der Waals surface area (Å²) in [6.45, 7) is 3.06. The Morgan fingerprint density at radius 3 is 2.68 bits per heavy atom. The number of nitrogens with two attached hydrogens (primary N) is 1. The van der Waals surface area contributed by atoms with Crippen LogP contribution >= 0.6 is 0 Å². The summed E-state index contributed by atoms with van der Waals surface area (Å²) in [6.07, 6.45) is 0.528.